The normalized spacial score (nSPS) is 21.5. The molecule has 21 heavy (non-hydrogen) atoms. The summed E-state index contributed by atoms with van der Waals surface area (Å²) in [7, 11) is 0. The van der Waals surface area contributed by atoms with Crippen molar-refractivity contribution in [1.29, 1.82) is 0 Å². The minimum absolute atomic E-state index is 0.106. The number of nitrogens with zero attached hydrogens (tertiary/aromatic N) is 1. The first-order valence-electron chi connectivity index (χ1n) is 7.50. The van der Waals surface area contributed by atoms with E-state index in [-0.39, 0.29) is 5.91 Å². The summed E-state index contributed by atoms with van der Waals surface area (Å²) in [5, 5.41) is 0. The third kappa shape index (κ3) is 3.24. The Morgan fingerprint density at radius 3 is 2.81 bits per heavy atom. The summed E-state index contributed by atoms with van der Waals surface area (Å²) in [5.74, 6) is 0.578. The highest BCUT2D eigenvalue weighted by Gasteiger charge is 2.35. The molecule has 5 heteroatoms. The molecule has 0 aromatic heterocycles. The number of halogens is 1. The zero-order valence-corrected chi connectivity index (χ0v) is 13.9. The molecule has 1 aromatic rings. The number of ether oxygens (including phenoxy) is 1. The lowest BCUT2D eigenvalue weighted by Gasteiger charge is -2.26. The van der Waals surface area contributed by atoms with Gasteiger partial charge >= 0.3 is 0 Å². The molecule has 0 bridgehead atoms. The van der Waals surface area contributed by atoms with Crippen molar-refractivity contribution in [3.05, 3.63) is 27.7 Å². The lowest BCUT2D eigenvalue weighted by molar-refractivity contribution is 0.0705. The van der Waals surface area contributed by atoms with Crippen LogP contribution in [0.3, 0.4) is 0 Å². The van der Waals surface area contributed by atoms with E-state index >= 15 is 0 Å². The second kappa shape index (κ2) is 5.97. The number of nitrogen functional groups attached to an aromatic ring is 1. The molecule has 1 amide bonds. The quantitative estimate of drug-likeness (QED) is 0.847. The molecule has 2 aliphatic rings. The molecule has 1 aromatic carbocycles. The fourth-order valence-electron chi connectivity index (χ4n) is 2.87. The van der Waals surface area contributed by atoms with Crippen molar-refractivity contribution in [2.75, 3.05) is 25.5 Å². The van der Waals surface area contributed by atoms with Crippen LogP contribution < -0.4 is 5.73 Å². The minimum Gasteiger partial charge on any atom is -0.398 e. The predicted octanol–water partition coefficient (Wildman–Crippen LogP) is 2.98. The molecular weight excluding hydrogens is 332 g/mol. The van der Waals surface area contributed by atoms with Gasteiger partial charge in [0.25, 0.3) is 5.91 Å². The third-order valence-corrected chi connectivity index (χ3v) is 4.83. The zero-order chi connectivity index (χ0) is 15.0. The van der Waals surface area contributed by atoms with E-state index in [1.807, 2.05) is 24.0 Å². The van der Waals surface area contributed by atoms with Crippen LogP contribution in [-0.2, 0) is 4.74 Å². The smallest absolute Gasteiger partial charge is 0.254 e. The van der Waals surface area contributed by atoms with Crippen LogP contribution in [0.25, 0.3) is 0 Å². The molecule has 1 heterocycles. The van der Waals surface area contributed by atoms with Gasteiger partial charge in [0.2, 0.25) is 0 Å². The maximum Gasteiger partial charge on any atom is 0.254 e. The molecular formula is C16H21BrN2O2. The fraction of sp³-hybridized carbons (Fsp3) is 0.562. The maximum atomic E-state index is 12.9. The van der Waals surface area contributed by atoms with Gasteiger partial charge in [0.1, 0.15) is 0 Å². The number of nitrogens with two attached hydrogens (primary N) is 1. The first kappa shape index (κ1) is 14.9. The number of hydrogen-bond donors (Lipinski definition) is 1. The standard InChI is InChI=1S/C16H21BrN2O2/c1-10-14(6-12(17)7-15(10)18)16(20)19(13-2-3-13)8-11-4-5-21-9-11/h6-7,11,13H,2-5,8-9,18H2,1H3. The van der Waals surface area contributed by atoms with Crippen LogP contribution >= 0.6 is 15.9 Å². The van der Waals surface area contributed by atoms with Gasteiger partial charge in [-0.25, -0.2) is 0 Å². The Labute approximate surface area is 133 Å². The number of rotatable bonds is 4. The van der Waals surface area contributed by atoms with Crippen molar-refractivity contribution in [2.24, 2.45) is 5.92 Å². The summed E-state index contributed by atoms with van der Waals surface area (Å²) >= 11 is 3.43. The van der Waals surface area contributed by atoms with Gasteiger partial charge in [-0.3, -0.25) is 4.79 Å². The summed E-state index contributed by atoms with van der Waals surface area (Å²) in [5.41, 5.74) is 8.24. The van der Waals surface area contributed by atoms with Gasteiger partial charge in [-0.15, -0.1) is 0 Å². The molecule has 4 nitrogen and oxygen atoms in total. The predicted molar refractivity (Wildman–Crippen MR) is 86.3 cm³/mol. The molecule has 1 saturated carbocycles. The zero-order valence-electron chi connectivity index (χ0n) is 12.3. The SMILES string of the molecule is Cc1c(N)cc(Br)cc1C(=O)N(CC1CCOC1)C1CC1. The number of anilines is 1. The van der Waals surface area contributed by atoms with Gasteiger partial charge in [-0.1, -0.05) is 15.9 Å². The average Bonchev–Trinajstić information content (AvgIpc) is 3.16. The number of carbonyl (C=O) groups excluding carboxylic acids is 1. The summed E-state index contributed by atoms with van der Waals surface area (Å²) < 4.78 is 6.30. The highest BCUT2D eigenvalue weighted by molar-refractivity contribution is 9.10. The molecule has 2 N–H and O–H groups in total. The molecule has 0 spiro atoms. The van der Waals surface area contributed by atoms with Crippen molar-refractivity contribution < 1.29 is 9.53 Å². The van der Waals surface area contributed by atoms with Gasteiger partial charge in [-0.05, 0) is 43.9 Å². The van der Waals surface area contributed by atoms with Crippen molar-refractivity contribution in [2.45, 2.75) is 32.2 Å². The van der Waals surface area contributed by atoms with E-state index in [9.17, 15) is 4.79 Å². The van der Waals surface area contributed by atoms with Crippen molar-refractivity contribution in [3.63, 3.8) is 0 Å². The van der Waals surface area contributed by atoms with Crippen LogP contribution in [0.15, 0.2) is 16.6 Å². The van der Waals surface area contributed by atoms with Crippen LogP contribution in [0.2, 0.25) is 0 Å². The molecule has 1 aliphatic heterocycles. The van der Waals surface area contributed by atoms with Crippen LogP contribution in [0.5, 0.6) is 0 Å². The van der Waals surface area contributed by atoms with E-state index in [0.717, 1.165) is 49.1 Å². The van der Waals surface area contributed by atoms with Gasteiger partial charge < -0.3 is 15.4 Å². The summed E-state index contributed by atoms with van der Waals surface area (Å²) in [6.07, 6.45) is 3.28. The van der Waals surface area contributed by atoms with Gasteiger partial charge in [0, 0.05) is 40.8 Å². The second-order valence-corrected chi connectivity index (χ2v) is 7.00. The molecule has 1 atom stereocenters. The molecule has 0 radical (unpaired) electrons. The van der Waals surface area contributed by atoms with Gasteiger partial charge in [0.05, 0.1) is 6.61 Å². The van der Waals surface area contributed by atoms with Crippen LogP contribution in [-0.4, -0.2) is 36.6 Å². The molecule has 3 rings (SSSR count). The lowest BCUT2D eigenvalue weighted by Crippen LogP contribution is -2.37. The Morgan fingerprint density at radius 1 is 1.43 bits per heavy atom. The van der Waals surface area contributed by atoms with E-state index in [1.54, 1.807) is 0 Å². The minimum atomic E-state index is 0.106. The maximum absolute atomic E-state index is 12.9. The van der Waals surface area contributed by atoms with Crippen molar-refractivity contribution >= 4 is 27.5 Å². The van der Waals surface area contributed by atoms with Crippen LogP contribution in [0.1, 0.15) is 35.2 Å². The summed E-state index contributed by atoms with van der Waals surface area (Å²) in [6.45, 7) is 4.31. The largest absolute Gasteiger partial charge is 0.398 e. The molecule has 114 valence electrons. The Morgan fingerprint density at radius 2 is 2.19 bits per heavy atom. The average molecular weight is 353 g/mol. The fourth-order valence-corrected chi connectivity index (χ4v) is 3.34. The Kier molecular flexibility index (Phi) is 4.22. The lowest BCUT2D eigenvalue weighted by atomic mass is 10.0. The first-order chi connectivity index (χ1) is 10.1. The first-order valence-corrected chi connectivity index (χ1v) is 8.30. The molecule has 2 fully saturated rings. The topological polar surface area (TPSA) is 55.6 Å². The summed E-state index contributed by atoms with van der Waals surface area (Å²) in [6, 6.07) is 4.13. The van der Waals surface area contributed by atoms with Crippen molar-refractivity contribution in [3.8, 4) is 0 Å². The molecule has 1 saturated heterocycles. The van der Waals surface area contributed by atoms with E-state index in [4.69, 9.17) is 10.5 Å². The Hall–Kier alpha value is -1.07. The number of benzene rings is 1. The Bertz CT molecular complexity index is 551. The van der Waals surface area contributed by atoms with E-state index in [2.05, 4.69) is 15.9 Å². The van der Waals surface area contributed by atoms with Crippen LogP contribution in [0, 0.1) is 12.8 Å². The number of carbonyl (C=O) groups is 1. The van der Waals surface area contributed by atoms with E-state index < -0.39 is 0 Å². The molecule has 1 unspecified atom stereocenters. The second-order valence-electron chi connectivity index (χ2n) is 6.09. The van der Waals surface area contributed by atoms with Gasteiger partial charge in [-0.2, -0.15) is 0 Å². The van der Waals surface area contributed by atoms with Crippen molar-refractivity contribution in [1.82, 2.24) is 4.90 Å². The third-order valence-electron chi connectivity index (χ3n) is 4.37. The van der Waals surface area contributed by atoms with Gasteiger partial charge in [0.15, 0.2) is 0 Å². The molecule has 1 aliphatic carbocycles. The highest BCUT2D eigenvalue weighted by atomic mass is 79.9. The Balaban J connectivity index is 1.83. The monoisotopic (exact) mass is 352 g/mol. The summed E-state index contributed by atoms with van der Waals surface area (Å²) in [4.78, 5) is 15.0. The van der Waals surface area contributed by atoms with Crippen LogP contribution in [0.4, 0.5) is 5.69 Å². The number of hydrogen-bond acceptors (Lipinski definition) is 3. The van der Waals surface area contributed by atoms with E-state index in [1.165, 1.54) is 0 Å². The number of amides is 1. The highest BCUT2D eigenvalue weighted by Crippen LogP contribution is 2.32. The van der Waals surface area contributed by atoms with E-state index in [0.29, 0.717) is 23.2 Å².